The molecule has 0 atom stereocenters. The van der Waals surface area contributed by atoms with Crippen molar-refractivity contribution in [1.29, 1.82) is 0 Å². The van der Waals surface area contributed by atoms with E-state index in [0.29, 0.717) is 21.9 Å². The predicted octanol–water partition coefficient (Wildman–Crippen LogP) is 3.27. The second-order valence-corrected chi connectivity index (χ2v) is 8.72. The van der Waals surface area contributed by atoms with Gasteiger partial charge in [-0.05, 0) is 36.4 Å². The number of hydrogen-bond acceptors (Lipinski definition) is 6. The summed E-state index contributed by atoms with van der Waals surface area (Å²) in [6, 6.07) is 9.32. The molecule has 1 aromatic carbocycles. The van der Waals surface area contributed by atoms with Crippen LogP contribution >= 0.6 is 23.1 Å². The van der Waals surface area contributed by atoms with Crippen LogP contribution in [-0.4, -0.2) is 45.1 Å². The monoisotopic (exact) mass is 444 g/mol. The van der Waals surface area contributed by atoms with Crippen molar-refractivity contribution in [1.82, 2.24) is 14.5 Å². The molecule has 3 rings (SSSR count). The second-order valence-electron chi connectivity index (χ2n) is 6.86. The molecule has 0 saturated carbocycles. The third-order valence-electron chi connectivity index (χ3n) is 4.57. The number of nitrogens with one attached hydrogen (secondary N) is 1. The highest BCUT2D eigenvalue weighted by Gasteiger charge is 2.19. The number of aromatic nitrogens is 2. The maximum atomic E-state index is 12.8. The van der Waals surface area contributed by atoms with Gasteiger partial charge in [0.25, 0.3) is 5.56 Å². The number of hydrogen-bond donors (Lipinski definition) is 1. The van der Waals surface area contributed by atoms with Crippen molar-refractivity contribution < 1.29 is 9.59 Å². The Labute approximate surface area is 183 Å². The van der Waals surface area contributed by atoms with E-state index in [1.165, 1.54) is 27.7 Å². The average Bonchev–Trinajstić information content (AvgIpc) is 3.19. The van der Waals surface area contributed by atoms with Gasteiger partial charge in [0.1, 0.15) is 4.70 Å². The number of benzene rings is 1. The second kappa shape index (κ2) is 9.90. The normalized spacial score (nSPS) is 10.9. The van der Waals surface area contributed by atoms with Gasteiger partial charge in [0, 0.05) is 19.3 Å². The summed E-state index contributed by atoms with van der Waals surface area (Å²) in [5, 5.41) is 5.18. The van der Waals surface area contributed by atoms with Gasteiger partial charge < -0.3 is 10.2 Å². The van der Waals surface area contributed by atoms with Crippen LogP contribution in [0.5, 0.6) is 0 Å². The Morgan fingerprint density at radius 1 is 1.27 bits per heavy atom. The molecule has 2 heterocycles. The minimum Gasteiger partial charge on any atom is -0.333 e. The van der Waals surface area contributed by atoms with E-state index >= 15 is 0 Å². The van der Waals surface area contributed by atoms with Crippen LogP contribution in [0.1, 0.15) is 18.9 Å². The molecule has 0 unspecified atom stereocenters. The maximum absolute atomic E-state index is 12.8. The van der Waals surface area contributed by atoms with E-state index in [9.17, 15) is 14.4 Å². The number of amides is 2. The lowest BCUT2D eigenvalue weighted by Gasteiger charge is -2.22. The van der Waals surface area contributed by atoms with Gasteiger partial charge in [0.15, 0.2) is 5.16 Å². The number of carbonyl (C=O) groups is 2. The minimum absolute atomic E-state index is 0.0164. The standard InChI is InChI=1S/C21H24N4O3S2/c1-4-10-25(12-17(26)22-15-8-6-5-7-14(15)2)18(27)13-30-21-23-16-9-11-29-19(16)20(28)24(21)3/h5-9,11H,4,10,12-13H2,1-3H3,(H,22,26). The van der Waals surface area contributed by atoms with Gasteiger partial charge in [-0.15, -0.1) is 11.3 Å². The fourth-order valence-corrected chi connectivity index (χ4v) is 4.63. The van der Waals surface area contributed by atoms with E-state index in [2.05, 4.69) is 10.3 Å². The Balaban J connectivity index is 1.65. The van der Waals surface area contributed by atoms with E-state index in [-0.39, 0.29) is 29.7 Å². The number of carbonyl (C=O) groups excluding carboxylic acids is 2. The summed E-state index contributed by atoms with van der Waals surface area (Å²) in [6.07, 6.45) is 0.742. The van der Waals surface area contributed by atoms with E-state index < -0.39 is 0 Å². The molecule has 2 aromatic heterocycles. The van der Waals surface area contributed by atoms with Crippen molar-refractivity contribution in [3.63, 3.8) is 0 Å². The van der Waals surface area contributed by atoms with Crippen LogP contribution in [0.25, 0.3) is 10.2 Å². The van der Waals surface area contributed by atoms with Gasteiger partial charge in [-0.1, -0.05) is 36.9 Å². The van der Waals surface area contributed by atoms with Gasteiger partial charge in [0.05, 0.1) is 17.8 Å². The number of aryl methyl sites for hydroxylation is 1. The molecule has 1 N–H and O–H groups in total. The highest BCUT2D eigenvalue weighted by Crippen LogP contribution is 2.20. The van der Waals surface area contributed by atoms with Gasteiger partial charge in [-0.25, -0.2) is 4.98 Å². The molecule has 0 saturated heterocycles. The number of nitrogens with zero attached hydrogens (tertiary/aromatic N) is 3. The van der Waals surface area contributed by atoms with Crippen molar-refractivity contribution in [3.8, 4) is 0 Å². The van der Waals surface area contributed by atoms with Gasteiger partial charge in [0.2, 0.25) is 11.8 Å². The Morgan fingerprint density at radius 2 is 2.03 bits per heavy atom. The fourth-order valence-electron chi connectivity index (χ4n) is 2.95. The molecular weight excluding hydrogens is 420 g/mol. The number of fused-ring (bicyclic) bond motifs is 1. The Morgan fingerprint density at radius 3 is 2.77 bits per heavy atom. The minimum atomic E-state index is -0.235. The zero-order valence-electron chi connectivity index (χ0n) is 17.2. The summed E-state index contributed by atoms with van der Waals surface area (Å²) >= 11 is 2.57. The molecule has 0 fully saturated rings. The lowest BCUT2D eigenvalue weighted by molar-refractivity contribution is -0.132. The van der Waals surface area contributed by atoms with Crippen molar-refractivity contribution in [2.24, 2.45) is 7.05 Å². The molecule has 2 amide bonds. The van der Waals surface area contributed by atoms with Crippen molar-refractivity contribution in [2.75, 3.05) is 24.2 Å². The molecule has 0 aliphatic carbocycles. The summed E-state index contributed by atoms with van der Waals surface area (Å²) in [4.78, 5) is 43.7. The number of anilines is 1. The molecule has 0 aliphatic heterocycles. The molecule has 7 nitrogen and oxygen atoms in total. The van der Waals surface area contributed by atoms with E-state index in [1.54, 1.807) is 18.0 Å². The molecule has 0 bridgehead atoms. The molecule has 0 spiro atoms. The summed E-state index contributed by atoms with van der Waals surface area (Å²) in [6.45, 7) is 4.35. The van der Waals surface area contributed by atoms with Gasteiger partial charge >= 0.3 is 0 Å². The SMILES string of the molecule is CCCN(CC(=O)Nc1ccccc1C)C(=O)CSc1nc2ccsc2c(=O)n1C. The van der Waals surface area contributed by atoms with Crippen molar-refractivity contribution in [3.05, 3.63) is 51.6 Å². The average molecular weight is 445 g/mol. The number of thiophene rings is 1. The van der Waals surface area contributed by atoms with Crippen molar-refractivity contribution in [2.45, 2.75) is 25.4 Å². The van der Waals surface area contributed by atoms with Gasteiger partial charge in [-0.3, -0.25) is 19.0 Å². The van der Waals surface area contributed by atoms with Crippen LogP contribution in [0.15, 0.2) is 45.7 Å². The lowest BCUT2D eigenvalue weighted by Crippen LogP contribution is -2.39. The van der Waals surface area contributed by atoms with Crippen LogP contribution in [0.2, 0.25) is 0 Å². The topological polar surface area (TPSA) is 84.3 Å². The first-order valence-electron chi connectivity index (χ1n) is 9.61. The third-order valence-corrected chi connectivity index (χ3v) is 6.48. The number of para-hydroxylation sites is 1. The molecule has 0 aliphatic rings. The summed E-state index contributed by atoms with van der Waals surface area (Å²) in [5.74, 6) is -0.295. The van der Waals surface area contributed by atoms with Crippen LogP contribution in [-0.2, 0) is 16.6 Å². The highest BCUT2D eigenvalue weighted by atomic mass is 32.2. The van der Waals surface area contributed by atoms with E-state index in [1.807, 2.05) is 43.5 Å². The quantitative estimate of drug-likeness (QED) is 0.426. The Bertz CT molecular complexity index is 1120. The summed E-state index contributed by atoms with van der Waals surface area (Å²) in [5.41, 5.74) is 2.23. The van der Waals surface area contributed by atoms with Crippen LogP contribution in [0.3, 0.4) is 0 Å². The first kappa shape index (κ1) is 22.0. The summed E-state index contributed by atoms with van der Waals surface area (Å²) in [7, 11) is 1.65. The maximum Gasteiger partial charge on any atom is 0.271 e. The zero-order valence-corrected chi connectivity index (χ0v) is 18.8. The highest BCUT2D eigenvalue weighted by molar-refractivity contribution is 7.99. The smallest absolute Gasteiger partial charge is 0.271 e. The number of rotatable bonds is 8. The molecule has 30 heavy (non-hydrogen) atoms. The first-order chi connectivity index (χ1) is 14.4. The molecule has 158 valence electrons. The molecule has 9 heteroatoms. The van der Waals surface area contributed by atoms with Crippen LogP contribution in [0, 0.1) is 6.92 Å². The first-order valence-corrected chi connectivity index (χ1v) is 11.5. The van der Waals surface area contributed by atoms with E-state index in [4.69, 9.17) is 0 Å². The fraction of sp³-hybridized carbons (Fsp3) is 0.333. The molecule has 0 radical (unpaired) electrons. The Hall–Kier alpha value is -2.65. The van der Waals surface area contributed by atoms with E-state index in [0.717, 1.165) is 17.7 Å². The van der Waals surface area contributed by atoms with Crippen LogP contribution in [0.4, 0.5) is 5.69 Å². The summed E-state index contributed by atoms with van der Waals surface area (Å²) < 4.78 is 2.07. The molecular formula is C21H24N4O3S2. The largest absolute Gasteiger partial charge is 0.333 e. The molecule has 3 aromatic rings. The van der Waals surface area contributed by atoms with Crippen molar-refractivity contribution >= 4 is 50.8 Å². The lowest BCUT2D eigenvalue weighted by atomic mass is 10.2. The predicted molar refractivity (Wildman–Crippen MR) is 122 cm³/mol. The number of thioether (sulfide) groups is 1. The third kappa shape index (κ3) is 5.09. The van der Waals surface area contributed by atoms with Gasteiger partial charge in [-0.2, -0.15) is 0 Å². The Kier molecular flexibility index (Phi) is 7.28. The van der Waals surface area contributed by atoms with Crippen LogP contribution < -0.4 is 10.9 Å². The zero-order chi connectivity index (χ0) is 21.7.